The van der Waals surface area contributed by atoms with E-state index in [0.717, 1.165) is 32.5 Å². The van der Waals surface area contributed by atoms with Gasteiger partial charge in [0.05, 0.1) is 0 Å². The van der Waals surface area contributed by atoms with Crippen molar-refractivity contribution in [3.05, 3.63) is 27.2 Å². The van der Waals surface area contributed by atoms with Gasteiger partial charge in [0.2, 0.25) is 0 Å². The van der Waals surface area contributed by atoms with Gasteiger partial charge in [0.1, 0.15) is 0 Å². The fourth-order valence-electron chi connectivity index (χ4n) is 2.96. The van der Waals surface area contributed by atoms with Crippen LogP contribution < -0.4 is 5.46 Å². The Balaban J connectivity index is 2.43. The Bertz CT molecular complexity index is 504. The zero-order chi connectivity index (χ0) is 15.6. The average molecular weight is 353 g/mol. The topological polar surface area (TPSA) is 18.5 Å². The van der Waals surface area contributed by atoms with Crippen LogP contribution in [0.4, 0.5) is 0 Å². The third kappa shape index (κ3) is 3.54. The summed E-state index contributed by atoms with van der Waals surface area (Å²) in [6, 6.07) is 2.27. The Labute approximate surface area is 137 Å². The zero-order valence-electron chi connectivity index (χ0n) is 13.9. The quantitative estimate of drug-likeness (QED) is 0.765. The Morgan fingerprint density at radius 1 is 1.05 bits per heavy atom. The van der Waals surface area contributed by atoms with Gasteiger partial charge in [-0.1, -0.05) is 56.6 Å². The molecule has 21 heavy (non-hydrogen) atoms. The van der Waals surface area contributed by atoms with Gasteiger partial charge in [-0.3, -0.25) is 0 Å². The van der Waals surface area contributed by atoms with Crippen LogP contribution in [0.15, 0.2) is 10.5 Å². The van der Waals surface area contributed by atoms with Crippen molar-refractivity contribution in [2.24, 2.45) is 5.41 Å². The lowest BCUT2D eigenvalue weighted by atomic mass is 9.70. The predicted molar refractivity (Wildman–Crippen MR) is 93.3 cm³/mol. The lowest BCUT2D eigenvalue weighted by Crippen LogP contribution is -2.49. The van der Waals surface area contributed by atoms with Crippen molar-refractivity contribution in [1.29, 1.82) is 0 Å². The molecule has 1 saturated heterocycles. The van der Waals surface area contributed by atoms with Crippen molar-refractivity contribution in [1.82, 2.24) is 0 Å². The first-order chi connectivity index (χ1) is 9.93. The van der Waals surface area contributed by atoms with Crippen molar-refractivity contribution in [2.45, 2.75) is 53.9 Å². The molecule has 0 N–H and O–H groups in total. The minimum Gasteiger partial charge on any atom is -0.407 e. The second-order valence-electron chi connectivity index (χ2n) is 6.57. The Kier molecular flexibility index (Phi) is 5.56. The summed E-state index contributed by atoms with van der Waals surface area (Å²) in [7, 11) is -0.211. The van der Waals surface area contributed by atoms with E-state index in [2.05, 4.69) is 56.6 Å². The number of rotatable bonds is 4. The van der Waals surface area contributed by atoms with E-state index in [9.17, 15) is 0 Å². The molecule has 0 amide bonds. The van der Waals surface area contributed by atoms with Crippen molar-refractivity contribution in [2.75, 3.05) is 13.2 Å². The van der Waals surface area contributed by atoms with Crippen LogP contribution in [0.25, 0.3) is 0 Å². The highest BCUT2D eigenvalue weighted by Crippen LogP contribution is 2.28. The number of aryl methyl sites for hydroxylation is 1. The van der Waals surface area contributed by atoms with Gasteiger partial charge in [-0.05, 0) is 41.4 Å². The maximum atomic E-state index is 6.02. The van der Waals surface area contributed by atoms with E-state index in [1.54, 1.807) is 0 Å². The van der Waals surface area contributed by atoms with Gasteiger partial charge < -0.3 is 9.31 Å². The summed E-state index contributed by atoms with van der Waals surface area (Å²) in [4.78, 5) is 0. The lowest BCUT2D eigenvalue weighted by molar-refractivity contribution is 0.0342. The van der Waals surface area contributed by atoms with Crippen molar-refractivity contribution < 1.29 is 9.31 Å². The number of hydrogen-bond acceptors (Lipinski definition) is 2. The summed E-state index contributed by atoms with van der Waals surface area (Å²) < 4.78 is 13.3. The molecule has 1 aliphatic heterocycles. The number of benzene rings is 1. The summed E-state index contributed by atoms with van der Waals surface area (Å²) in [6.07, 6.45) is 3.05. The molecule has 1 aromatic carbocycles. The van der Waals surface area contributed by atoms with E-state index in [1.807, 2.05) is 0 Å². The molecule has 0 saturated carbocycles. The first kappa shape index (κ1) is 17.0. The lowest BCUT2D eigenvalue weighted by Gasteiger charge is -2.34. The van der Waals surface area contributed by atoms with Gasteiger partial charge >= 0.3 is 7.12 Å². The van der Waals surface area contributed by atoms with E-state index in [1.165, 1.54) is 26.6 Å². The molecular weight excluding hydrogens is 327 g/mol. The molecule has 0 atom stereocenters. The molecule has 0 spiro atoms. The molecule has 1 fully saturated rings. The van der Waals surface area contributed by atoms with E-state index in [4.69, 9.17) is 9.31 Å². The maximum absolute atomic E-state index is 6.02. The number of halogens is 1. The van der Waals surface area contributed by atoms with Crippen LogP contribution in [0.1, 0.15) is 51.3 Å². The largest absolute Gasteiger partial charge is 0.494 e. The molecule has 1 aliphatic rings. The van der Waals surface area contributed by atoms with Crippen LogP contribution in [-0.4, -0.2) is 20.3 Å². The van der Waals surface area contributed by atoms with Crippen LogP contribution in [0, 0.1) is 5.41 Å². The van der Waals surface area contributed by atoms with Gasteiger partial charge in [0.15, 0.2) is 0 Å². The molecule has 116 valence electrons. The Hall–Kier alpha value is -0.315. The Morgan fingerprint density at radius 3 is 2.10 bits per heavy atom. The summed E-state index contributed by atoms with van der Waals surface area (Å²) in [5, 5.41) is 0. The summed E-state index contributed by atoms with van der Waals surface area (Å²) in [5.41, 5.74) is 5.47. The molecular formula is C17H26BBrO2. The fourth-order valence-corrected chi connectivity index (χ4v) is 3.88. The maximum Gasteiger partial charge on any atom is 0.494 e. The first-order valence-corrected chi connectivity index (χ1v) is 8.79. The van der Waals surface area contributed by atoms with Gasteiger partial charge in [-0.25, -0.2) is 0 Å². The highest BCUT2D eigenvalue weighted by Gasteiger charge is 2.35. The van der Waals surface area contributed by atoms with Crippen molar-refractivity contribution >= 4 is 28.5 Å². The van der Waals surface area contributed by atoms with E-state index >= 15 is 0 Å². The van der Waals surface area contributed by atoms with Crippen LogP contribution in [0.2, 0.25) is 0 Å². The molecule has 4 heteroatoms. The summed E-state index contributed by atoms with van der Waals surface area (Å²) in [5.74, 6) is 0. The molecule has 1 aromatic rings. The SMILES string of the molecule is CCc1cc(B2OCC(C)(C)CO2)c(CC)c(CC)c1Br. The first-order valence-electron chi connectivity index (χ1n) is 7.99. The average Bonchev–Trinajstić information content (AvgIpc) is 2.47. The summed E-state index contributed by atoms with van der Waals surface area (Å²) >= 11 is 3.79. The molecule has 0 bridgehead atoms. The van der Waals surface area contributed by atoms with Crippen LogP contribution >= 0.6 is 15.9 Å². The smallest absolute Gasteiger partial charge is 0.407 e. The molecule has 0 radical (unpaired) electrons. The highest BCUT2D eigenvalue weighted by atomic mass is 79.9. The molecule has 0 unspecified atom stereocenters. The minimum atomic E-state index is -0.211. The van der Waals surface area contributed by atoms with Crippen LogP contribution in [0.5, 0.6) is 0 Å². The van der Waals surface area contributed by atoms with Crippen molar-refractivity contribution in [3.8, 4) is 0 Å². The third-order valence-corrected chi connectivity index (χ3v) is 5.17. The second kappa shape index (κ2) is 6.85. The molecule has 2 rings (SSSR count). The minimum absolute atomic E-state index is 0.111. The number of hydrogen-bond donors (Lipinski definition) is 0. The third-order valence-electron chi connectivity index (χ3n) is 4.18. The van der Waals surface area contributed by atoms with E-state index in [0.29, 0.717) is 0 Å². The molecule has 1 heterocycles. The molecule has 2 nitrogen and oxygen atoms in total. The molecule has 0 aromatic heterocycles. The highest BCUT2D eigenvalue weighted by molar-refractivity contribution is 9.10. The summed E-state index contributed by atoms with van der Waals surface area (Å²) in [6.45, 7) is 12.5. The van der Waals surface area contributed by atoms with Crippen LogP contribution in [-0.2, 0) is 28.6 Å². The van der Waals surface area contributed by atoms with Gasteiger partial charge in [-0.2, -0.15) is 0 Å². The fraction of sp³-hybridized carbons (Fsp3) is 0.647. The second-order valence-corrected chi connectivity index (χ2v) is 7.37. The monoisotopic (exact) mass is 352 g/mol. The van der Waals surface area contributed by atoms with E-state index in [-0.39, 0.29) is 12.5 Å². The van der Waals surface area contributed by atoms with Crippen LogP contribution in [0.3, 0.4) is 0 Å². The Morgan fingerprint density at radius 2 is 1.62 bits per heavy atom. The molecule has 0 aliphatic carbocycles. The van der Waals surface area contributed by atoms with Crippen molar-refractivity contribution in [3.63, 3.8) is 0 Å². The van der Waals surface area contributed by atoms with Gasteiger partial charge in [0, 0.05) is 23.1 Å². The standard InChI is InChI=1S/C17H26BBrO2/c1-6-12-9-15(13(7-2)14(8-3)16(12)19)18-20-10-17(4,5)11-21-18/h9H,6-8,10-11H2,1-5H3. The zero-order valence-corrected chi connectivity index (χ0v) is 15.5. The normalized spacial score (nSPS) is 18.1. The van der Waals surface area contributed by atoms with Gasteiger partial charge in [-0.15, -0.1) is 0 Å². The van der Waals surface area contributed by atoms with Gasteiger partial charge in [0.25, 0.3) is 0 Å². The predicted octanol–water partition coefficient (Wildman–Crippen LogP) is 3.90. The van der Waals surface area contributed by atoms with E-state index < -0.39 is 0 Å².